The molecule has 1 aliphatic carbocycles. The molecule has 0 atom stereocenters. The minimum Gasteiger partial charge on any atom is -0.353 e. The van der Waals surface area contributed by atoms with Crippen LogP contribution in [0, 0.1) is 16.7 Å². The van der Waals surface area contributed by atoms with Gasteiger partial charge < -0.3 is 10.2 Å². The van der Waals surface area contributed by atoms with Crippen molar-refractivity contribution in [1.82, 2.24) is 10.2 Å². The third-order valence-corrected chi connectivity index (χ3v) is 4.92. The molecule has 132 valence electrons. The Bertz CT molecular complexity index is 463. The highest BCUT2D eigenvalue weighted by Crippen LogP contribution is 2.48. The molecule has 4 nitrogen and oxygen atoms in total. The Labute approximate surface area is 137 Å². The Balaban J connectivity index is 1.68. The summed E-state index contributed by atoms with van der Waals surface area (Å²) < 4.78 is 25.6. The molecule has 1 aliphatic heterocycles. The fourth-order valence-corrected chi connectivity index (χ4v) is 3.53. The smallest absolute Gasteiger partial charge is 0.244 e. The molecule has 1 spiro atoms. The van der Waals surface area contributed by atoms with Gasteiger partial charge >= 0.3 is 0 Å². The SMILES string of the molecule is CC(C)CC(=O)N1CC2(CC(NC(=O)CC(C)(C)C(F)F)C2)C1. The second kappa shape index (κ2) is 6.36. The van der Waals surface area contributed by atoms with E-state index in [0.717, 1.165) is 25.9 Å². The van der Waals surface area contributed by atoms with Crippen molar-refractivity contribution in [2.75, 3.05) is 13.1 Å². The van der Waals surface area contributed by atoms with E-state index in [0.29, 0.717) is 12.3 Å². The Morgan fingerprint density at radius 1 is 1.26 bits per heavy atom. The molecule has 0 bridgehead atoms. The summed E-state index contributed by atoms with van der Waals surface area (Å²) in [6.45, 7) is 8.42. The van der Waals surface area contributed by atoms with Crippen LogP contribution in [0.5, 0.6) is 0 Å². The number of carbonyl (C=O) groups excluding carboxylic acids is 2. The largest absolute Gasteiger partial charge is 0.353 e. The Hall–Kier alpha value is -1.20. The van der Waals surface area contributed by atoms with Crippen molar-refractivity contribution >= 4 is 11.8 Å². The van der Waals surface area contributed by atoms with Gasteiger partial charge in [-0.25, -0.2) is 8.78 Å². The summed E-state index contributed by atoms with van der Waals surface area (Å²) in [5, 5.41) is 2.85. The molecule has 0 aromatic heterocycles. The van der Waals surface area contributed by atoms with Gasteiger partial charge in [0.2, 0.25) is 18.2 Å². The fourth-order valence-electron chi connectivity index (χ4n) is 3.53. The summed E-state index contributed by atoms with van der Waals surface area (Å²) in [6, 6.07) is 0.0679. The third-order valence-electron chi connectivity index (χ3n) is 4.92. The predicted molar refractivity (Wildman–Crippen MR) is 84.0 cm³/mol. The standard InChI is InChI=1S/C17H28F2N2O2/c1-11(2)5-14(23)21-9-17(10-21)6-12(7-17)20-13(22)8-16(3,4)15(18)19/h11-12,15H,5-10H2,1-4H3,(H,20,22). The first kappa shape index (κ1) is 18.1. The maximum Gasteiger partial charge on any atom is 0.244 e. The summed E-state index contributed by atoms with van der Waals surface area (Å²) in [7, 11) is 0. The summed E-state index contributed by atoms with van der Waals surface area (Å²) in [5.74, 6) is 0.268. The molecule has 1 saturated heterocycles. The van der Waals surface area contributed by atoms with Crippen LogP contribution in [0.4, 0.5) is 8.78 Å². The number of nitrogens with one attached hydrogen (secondary N) is 1. The van der Waals surface area contributed by atoms with Crippen molar-refractivity contribution in [3.63, 3.8) is 0 Å². The Morgan fingerprint density at radius 2 is 1.83 bits per heavy atom. The quantitative estimate of drug-likeness (QED) is 0.814. The topological polar surface area (TPSA) is 49.4 Å². The van der Waals surface area contributed by atoms with Crippen LogP contribution in [0.3, 0.4) is 0 Å². The zero-order valence-electron chi connectivity index (χ0n) is 14.5. The van der Waals surface area contributed by atoms with Gasteiger partial charge in [-0.2, -0.15) is 0 Å². The van der Waals surface area contributed by atoms with Crippen molar-refractivity contribution in [2.24, 2.45) is 16.7 Å². The molecule has 2 rings (SSSR count). The van der Waals surface area contributed by atoms with E-state index in [1.165, 1.54) is 13.8 Å². The molecular weight excluding hydrogens is 302 g/mol. The first-order chi connectivity index (χ1) is 10.5. The monoisotopic (exact) mass is 330 g/mol. The molecule has 23 heavy (non-hydrogen) atoms. The van der Waals surface area contributed by atoms with Crippen molar-refractivity contribution in [3.8, 4) is 0 Å². The zero-order valence-corrected chi connectivity index (χ0v) is 14.5. The molecule has 0 radical (unpaired) electrons. The summed E-state index contributed by atoms with van der Waals surface area (Å²) in [5.41, 5.74) is -1.13. The molecule has 2 aliphatic rings. The highest BCUT2D eigenvalue weighted by Gasteiger charge is 2.53. The molecule has 2 amide bonds. The molecule has 0 aromatic carbocycles. The highest BCUT2D eigenvalue weighted by atomic mass is 19.3. The van der Waals surface area contributed by atoms with Gasteiger partial charge in [-0.1, -0.05) is 27.7 Å². The second-order valence-electron chi connectivity index (χ2n) is 8.49. The lowest BCUT2D eigenvalue weighted by Crippen LogP contribution is -2.67. The summed E-state index contributed by atoms with van der Waals surface area (Å²) in [4.78, 5) is 25.7. The first-order valence-corrected chi connectivity index (χ1v) is 8.38. The second-order valence-corrected chi connectivity index (χ2v) is 8.49. The fraction of sp³-hybridized carbons (Fsp3) is 0.882. The maximum absolute atomic E-state index is 12.8. The average molecular weight is 330 g/mol. The van der Waals surface area contributed by atoms with Crippen LogP contribution in [0.25, 0.3) is 0 Å². The molecule has 1 saturated carbocycles. The lowest BCUT2D eigenvalue weighted by Gasteiger charge is -2.59. The van der Waals surface area contributed by atoms with Crippen LogP contribution in [0.15, 0.2) is 0 Å². The number of likely N-dealkylation sites (tertiary alicyclic amines) is 1. The number of carbonyl (C=O) groups is 2. The van der Waals surface area contributed by atoms with Crippen molar-refractivity contribution in [1.29, 1.82) is 0 Å². The van der Waals surface area contributed by atoms with Gasteiger partial charge in [-0.15, -0.1) is 0 Å². The van der Waals surface area contributed by atoms with Gasteiger partial charge in [0.1, 0.15) is 0 Å². The van der Waals surface area contributed by atoms with E-state index < -0.39 is 11.8 Å². The van der Waals surface area contributed by atoms with E-state index in [9.17, 15) is 18.4 Å². The number of nitrogens with zero attached hydrogens (tertiary/aromatic N) is 1. The van der Waals surface area contributed by atoms with Crippen LogP contribution in [0.1, 0.15) is 53.4 Å². The normalized spacial score (nSPS) is 20.6. The van der Waals surface area contributed by atoms with E-state index in [1.54, 1.807) is 0 Å². The van der Waals surface area contributed by atoms with Gasteiger partial charge in [0.05, 0.1) is 0 Å². The van der Waals surface area contributed by atoms with E-state index in [-0.39, 0.29) is 29.7 Å². The zero-order chi connectivity index (χ0) is 17.4. The first-order valence-electron chi connectivity index (χ1n) is 8.38. The number of hydrogen-bond donors (Lipinski definition) is 1. The number of rotatable bonds is 6. The third kappa shape index (κ3) is 4.21. The van der Waals surface area contributed by atoms with E-state index in [4.69, 9.17) is 0 Å². The Kier molecular flexibility index (Phi) is 5.02. The van der Waals surface area contributed by atoms with Crippen LogP contribution < -0.4 is 5.32 Å². The number of alkyl halides is 2. The van der Waals surface area contributed by atoms with Crippen molar-refractivity contribution in [3.05, 3.63) is 0 Å². The van der Waals surface area contributed by atoms with Gasteiger partial charge in [-0.05, 0) is 18.8 Å². The minimum atomic E-state index is -2.51. The lowest BCUT2D eigenvalue weighted by atomic mass is 9.60. The molecule has 0 aromatic rings. The van der Waals surface area contributed by atoms with Crippen LogP contribution in [-0.2, 0) is 9.59 Å². The van der Waals surface area contributed by atoms with Crippen molar-refractivity contribution in [2.45, 2.75) is 65.8 Å². The highest BCUT2D eigenvalue weighted by molar-refractivity contribution is 5.78. The molecule has 6 heteroatoms. The average Bonchev–Trinajstić information content (AvgIpc) is 2.28. The summed E-state index contributed by atoms with van der Waals surface area (Å²) >= 11 is 0. The Morgan fingerprint density at radius 3 is 2.30 bits per heavy atom. The molecule has 0 unspecified atom stereocenters. The summed E-state index contributed by atoms with van der Waals surface area (Å²) in [6.07, 6.45) is -0.391. The predicted octanol–water partition coefficient (Wildman–Crippen LogP) is 2.82. The lowest BCUT2D eigenvalue weighted by molar-refractivity contribution is -0.154. The van der Waals surface area contributed by atoms with E-state index in [2.05, 4.69) is 5.32 Å². The van der Waals surface area contributed by atoms with Crippen molar-refractivity contribution < 1.29 is 18.4 Å². The number of amides is 2. The van der Waals surface area contributed by atoms with Crippen LogP contribution >= 0.6 is 0 Å². The molecule has 2 fully saturated rings. The minimum absolute atomic E-state index is 0.0679. The number of hydrogen-bond acceptors (Lipinski definition) is 2. The van der Waals surface area contributed by atoms with Gasteiger partial charge in [0.15, 0.2) is 0 Å². The van der Waals surface area contributed by atoms with E-state index in [1.807, 2.05) is 18.7 Å². The van der Waals surface area contributed by atoms with E-state index >= 15 is 0 Å². The van der Waals surface area contributed by atoms with Gasteiger partial charge in [0.25, 0.3) is 0 Å². The van der Waals surface area contributed by atoms with Crippen LogP contribution in [-0.4, -0.2) is 42.3 Å². The molecular formula is C17H28F2N2O2. The maximum atomic E-state index is 12.8. The number of halogens is 2. The van der Waals surface area contributed by atoms with Crippen LogP contribution in [0.2, 0.25) is 0 Å². The molecule has 1 heterocycles. The van der Waals surface area contributed by atoms with Gasteiger partial charge in [0, 0.05) is 42.8 Å². The molecule has 1 N–H and O–H groups in total. The van der Waals surface area contributed by atoms with Gasteiger partial charge in [-0.3, -0.25) is 9.59 Å².